The van der Waals surface area contributed by atoms with Crippen molar-refractivity contribution in [3.8, 4) is 0 Å². The number of carbonyl (C=O) groups excluding carboxylic acids is 2. The van der Waals surface area contributed by atoms with Crippen LogP contribution in [0.1, 0.15) is 12.5 Å². The molecule has 0 heterocycles. The molecule has 0 unspecified atom stereocenters. The number of rotatable bonds is 10. The molecular weight excluding hydrogens is 272 g/mol. The third-order valence-electron chi connectivity index (χ3n) is 2.57. The molecular formula is C15H22N2O4. The second kappa shape index (κ2) is 10.8. The number of amides is 1. The van der Waals surface area contributed by atoms with Gasteiger partial charge in [-0.05, 0) is 12.5 Å². The lowest BCUT2D eigenvalue weighted by molar-refractivity contribution is -0.148. The van der Waals surface area contributed by atoms with Gasteiger partial charge in [0.25, 0.3) is 0 Å². The quantitative estimate of drug-likeness (QED) is 0.485. The Morgan fingerprint density at radius 2 is 1.95 bits per heavy atom. The molecule has 1 aromatic rings. The molecule has 1 amide bonds. The van der Waals surface area contributed by atoms with Crippen LogP contribution in [-0.4, -0.2) is 44.8 Å². The summed E-state index contributed by atoms with van der Waals surface area (Å²) in [6.45, 7) is 3.62. The number of nitrogens with one attached hydrogen (secondary N) is 2. The molecule has 21 heavy (non-hydrogen) atoms. The van der Waals surface area contributed by atoms with Crippen molar-refractivity contribution < 1.29 is 19.1 Å². The fraction of sp³-hybridized carbons (Fsp3) is 0.467. The smallest absolute Gasteiger partial charge is 0.332 e. The van der Waals surface area contributed by atoms with Crippen molar-refractivity contribution in [1.82, 2.24) is 10.6 Å². The van der Waals surface area contributed by atoms with Crippen LogP contribution in [0.15, 0.2) is 30.3 Å². The van der Waals surface area contributed by atoms with E-state index in [-0.39, 0.29) is 25.0 Å². The molecule has 0 aliphatic heterocycles. The monoisotopic (exact) mass is 294 g/mol. The third kappa shape index (κ3) is 8.78. The van der Waals surface area contributed by atoms with Crippen LogP contribution in [0.5, 0.6) is 0 Å². The van der Waals surface area contributed by atoms with Crippen LogP contribution in [0.2, 0.25) is 0 Å². The highest BCUT2D eigenvalue weighted by Gasteiger charge is 2.02. The van der Waals surface area contributed by atoms with Crippen molar-refractivity contribution in [2.75, 3.05) is 32.9 Å². The number of hydrogen-bond donors (Lipinski definition) is 2. The van der Waals surface area contributed by atoms with Crippen LogP contribution >= 0.6 is 0 Å². The van der Waals surface area contributed by atoms with Crippen molar-refractivity contribution in [3.63, 3.8) is 0 Å². The number of carbonyl (C=O) groups is 2. The van der Waals surface area contributed by atoms with E-state index in [1.54, 1.807) is 6.92 Å². The Morgan fingerprint density at radius 1 is 1.19 bits per heavy atom. The molecule has 6 heteroatoms. The Hall–Kier alpha value is -1.92. The first-order valence-electron chi connectivity index (χ1n) is 6.97. The first-order valence-corrected chi connectivity index (χ1v) is 6.97. The number of esters is 1. The van der Waals surface area contributed by atoms with Crippen molar-refractivity contribution >= 4 is 11.9 Å². The number of benzene rings is 1. The predicted octanol–water partition coefficient (Wildman–Crippen LogP) is 0.472. The highest BCUT2D eigenvalue weighted by atomic mass is 16.6. The highest BCUT2D eigenvalue weighted by molar-refractivity contribution is 5.77. The topological polar surface area (TPSA) is 76.7 Å². The van der Waals surface area contributed by atoms with Crippen LogP contribution in [-0.2, 0) is 25.6 Å². The first-order chi connectivity index (χ1) is 10.2. The second-order valence-electron chi connectivity index (χ2n) is 4.30. The lowest BCUT2D eigenvalue weighted by Gasteiger charge is -2.07. The predicted molar refractivity (Wildman–Crippen MR) is 78.6 cm³/mol. The van der Waals surface area contributed by atoms with Crippen LogP contribution in [0.3, 0.4) is 0 Å². The molecule has 0 spiro atoms. The maximum absolute atomic E-state index is 11.6. The van der Waals surface area contributed by atoms with E-state index in [1.807, 2.05) is 30.3 Å². The molecule has 2 N–H and O–H groups in total. The van der Waals surface area contributed by atoms with E-state index in [9.17, 15) is 9.59 Å². The van der Waals surface area contributed by atoms with Gasteiger partial charge >= 0.3 is 5.97 Å². The molecule has 0 atom stereocenters. The average Bonchev–Trinajstić information content (AvgIpc) is 2.50. The van der Waals surface area contributed by atoms with Gasteiger partial charge in [-0.25, -0.2) is 4.79 Å². The molecule has 1 aromatic carbocycles. The normalized spacial score (nSPS) is 10.1. The van der Waals surface area contributed by atoms with Crippen molar-refractivity contribution in [2.24, 2.45) is 0 Å². The maximum atomic E-state index is 11.6. The van der Waals surface area contributed by atoms with Crippen molar-refractivity contribution in [3.05, 3.63) is 35.9 Å². The van der Waals surface area contributed by atoms with E-state index >= 15 is 0 Å². The van der Waals surface area contributed by atoms with Gasteiger partial charge in [0.15, 0.2) is 0 Å². The summed E-state index contributed by atoms with van der Waals surface area (Å²) in [6, 6.07) is 9.71. The van der Waals surface area contributed by atoms with Gasteiger partial charge in [0.1, 0.15) is 6.61 Å². The molecule has 0 aliphatic carbocycles. The molecule has 1 rings (SSSR count). The van der Waals surface area contributed by atoms with E-state index < -0.39 is 0 Å². The third-order valence-corrected chi connectivity index (χ3v) is 2.57. The Kier molecular flexibility index (Phi) is 8.83. The Morgan fingerprint density at radius 3 is 2.67 bits per heavy atom. The summed E-state index contributed by atoms with van der Waals surface area (Å²) in [5, 5.41) is 5.75. The lowest BCUT2D eigenvalue weighted by Crippen LogP contribution is -2.35. The maximum Gasteiger partial charge on any atom is 0.332 e. The molecule has 0 saturated heterocycles. The molecule has 0 aromatic heterocycles. The summed E-state index contributed by atoms with van der Waals surface area (Å²) in [6.07, 6.45) is 0. The van der Waals surface area contributed by atoms with Crippen LogP contribution in [0.4, 0.5) is 0 Å². The van der Waals surface area contributed by atoms with Gasteiger partial charge in [0, 0.05) is 13.1 Å². The zero-order valence-electron chi connectivity index (χ0n) is 12.3. The minimum atomic E-state index is -0.377. The van der Waals surface area contributed by atoms with Gasteiger partial charge in [0.2, 0.25) is 5.91 Å². The van der Waals surface area contributed by atoms with Crippen molar-refractivity contribution in [1.29, 1.82) is 0 Å². The fourth-order valence-electron chi connectivity index (χ4n) is 1.56. The van der Waals surface area contributed by atoms with E-state index in [0.717, 1.165) is 5.56 Å². The summed E-state index contributed by atoms with van der Waals surface area (Å²) in [5.41, 5.74) is 1.06. The summed E-state index contributed by atoms with van der Waals surface area (Å²) in [4.78, 5) is 22.5. The van der Waals surface area contributed by atoms with Gasteiger partial charge < -0.3 is 20.1 Å². The van der Waals surface area contributed by atoms with E-state index in [4.69, 9.17) is 9.47 Å². The van der Waals surface area contributed by atoms with Gasteiger partial charge in [0.05, 0.1) is 19.8 Å². The van der Waals surface area contributed by atoms with Crippen molar-refractivity contribution in [2.45, 2.75) is 13.5 Å². The Bertz CT molecular complexity index is 423. The Labute approximate surface area is 124 Å². The molecule has 0 radical (unpaired) electrons. The molecule has 0 bridgehead atoms. The molecule has 0 aliphatic rings. The van der Waals surface area contributed by atoms with Gasteiger partial charge in [-0.1, -0.05) is 30.3 Å². The Balaban J connectivity index is 1.97. The van der Waals surface area contributed by atoms with Gasteiger partial charge in [-0.3, -0.25) is 4.79 Å². The van der Waals surface area contributed by atoms with Gasteiger partial charge in [-0.2, -0.15) is 0 Å². The zero-order valence-corrected chi connectivity index (χ0v) is 12.3. The molecule has 0 fully saturated rings. The van der Waals surface area contributed by atoms with Crippen LogP contribution < -0.4 is 10.6 Å². The zero-order chi connectivity index (χ0) is 15.3. The van der Waals surface area contributed by atoms with Gasteiger partial charge in [-0.15, -0.1) is 0 Å². The summed E-state index contributed by atoms with van der Waals surface area (Å²) in [7, 11) is 0. The lowest BCUT2D eigenvalue weighted by atomic mass is 10.2. The highest BCUT2D eigenvalue weighted by Crippen LogP contribution is 1.96. The number of hydrogen-bond acceptors (Lipinski definition) is 5. The fourth-order valence-corrected chi connectivity index (χ4v) is 1.56. The second-order valence-corrected chi connectivity index (χ2v) is 4.30. The van der Waals surface area contributed by atoms with E-state index in [2.05, 4.69) is 10.6 Å². The first kappa shape index (κ1) is 17.1. The summed E-state index contributed by atoms with van der Waals surface area (Å²) < 4.78 is 9.80. The largest absolute Gasteiger partial charge is 0.464 e. The van der Waals surface area contributed by atoms with Crippen LogP contribution in [0.25, 0.3) is 0 Å². The SMILES string of the molecule is CCOC(=O)COCCNCC(=O)NCc1ccccc1. The summed E-state index contributed by atoms with van der Waals surface area (Å²) >= 11 is 0. The molecule has 6 nitrogen and oxygen atoms in total. The molecule has 116 valence electrons. The minimum absolute atomic E-state index is 0.0598. The minimum Gasteiger partial charge on any atom is -0.464 e. The van der Waals surface area contributed by atoms with E-state index in [0.29, 0.717) is 26.3 Å². The standard InChI is InChI=1S/C15H22N2O4/c1-2-21-15(19)12-20-9-8-16-11-14(18)17-10-13-6-4-3-5-7-13/h3-7,16H,2,8-12H2,1H3,(H,17,18). The average molecular weight is 294 g/mol. The van der Waals surface area contributed by atoms with E-state index in [1.165, 1.54) is 0 Å². The van der Waals surface area contributed by atoms with Crippen LogP contribution in [0, 0.1) is 0 Å². The molecule has 0 saturated carbocycles. The number of ether oxygens (including phenoxy) is 2. The summed E-state index contributed by atoms with van der Waals surface area (Å²) in [5.74, 6) is -0.456.